The molecule has 3 fully saturated rings. The molecular weight excluding hydrogens is 463 g/mol. The molecule has 6 rings (SSSR count). The molecule has 0 spiro atoms. The van der Waals surface area contributed by atoms with Gasteiger partial charge >= 0.3 is 6.18 Å². The highest BCUT2D eigenvalue weighted by Crippen LogP contribution is 2.58. The topological polar surface area (TPSA) is 64.8 Å². The third-order valence-electron chi connectivity index (χ3n) is 7.96. The van der Waals surface area contributed by atoms with Crippen LogP contribution >= 0.6 is 0 Å². The van der Waals surface area contributed by atoms with Crippen LogP contribution in [0.3, 0.4) is 0 Å². The lowest BCUT2D eigenvalue weighted by Crippen LogP contribution is -2.47. The highest BCUT2D eigenvalue weighted by atomic mass is 32.2. The lowest BCUT2D eigenvalue weighted by atomic mass is 9.51. The SMILES string of the molecule is Cn1c(-c2ccccc2C(F)(F)F)nnc1C12CCC(c3ccc(S(C)(=O)=O)cc3)(CC1)CC2. The second-order valence-corrected chi connectivity index (χ2v) is 11.8. The number of rotatable bonds is 4. The van der Waals surface area contributed by atoms with E-state index in [1.165, 1.54) is 18.4 Å². The first-order valence-corrected chi connectivity index (χ1v) is 13.2. The normalized spacial score (nSPS) is 25.0. The molecule has 0 amide bonds. The van der Waals surface area contributed by atoms with Crippen LogP contribution in [-0.2, 0) is 33.9 Å². The molecule has 3 aromatic rings. The van der Waals surface area contributed by atoms with Gasteiger partial charge in [0.2, 0.25) is 0 Å². The predicted molar refractivity (Wildman–Crippen MR) is 122 cm³/mol. The van der Waals surface area contributed by atoms with Crippen molar-refractivity contribution in [3.8, 4) is 11.4 Å². The summed E-state index contributed by atoms with van der Waals surface area (Å²) in [5, 5.41) is 8.63. The van der Waals surface area contributed by atoms with E-state index in [4.69, 9.17) is 0 Å². The summed E-state index contributed by atoms with van der Waals surface area (Å²) in [4.78, 5) is 0.319. The number of halogens is 3. The quantitative estimate of drug-likeness (QED) is 0.489. The Kier molecular flexibility index (Phi) is 5.20. The van der Waals surface area contributed by atoms with Crippen molar-refractivity contribution in [1.82, 2.24) is 14.8 Å². The fourth-order valence-electron chi connectivity index (χ4n) is 5.96. The van der Waals surface area contributed by atoms with E-state index in [0.29, 0.717) is 4.90 Å². The van der Waals surface area contributed by atoms with Gasteiger partial charge in [-0.2, -0.15) is 13.2 Å². The number of benzene rings is 2. The van der Waals surface area contributed by atoms with Crippen molar-refractivity contribution in [3.63, 3.8) is 0 Å². The second-order valence-electron chi connectivity index (χ2n) is 9.81. The number of aromatic nitrogens is 3. The van der Waals surface area contributed by atoms with E-state index in [-0.39, 0.29) is 22.2 Å². The van der Waals surface area contributed by atoms with Crippen molar-refractivity contribution in [3.05, 3.63) is 65.5 Å². The lowest BCUT2D eigenvalue weighted by Gasteiger charge is -2.53. The highest BCUT2D eigenvalue weighted by Gasteiger charge is 2.52. The monoisotopic (exact) mass is 489 g/mol. The Labute approximate surface area is 196 Å². The van der Waals surface area contributed by atoms with Gasteiger partial charge in [0, 0.05) is 24.3 Å². The molecule has 3 aliphatic carbocycles. The summed E-state index contributed by atoms with van der Waals surface area (Å²) in [6, 6.07) is 12.7. The molecule has 0 radical (unpaired) electrons. The number of hydrogen-bond acceptors (Lipinski definition) is 4. The third kappa shape index (κ3) is 3.65. The van der Waals surface area contributed by atoms with E-state index >= 15 is 0 Å². The van der Waals surface area contributed by atoms with Crippen LogP contribution in [0.25, 0.3) is 11.4 Å². The number of nitrogens with zero attached hydrogens (tertiary/aromatic N) is 3. The molecule has 5 nitrogen and oxygen atoms in total. The molecule has 0 aliphatic heterocycles. The van der Waals surface area contributed by atoms with Crippen LogP contribution in [0.1, 0.15) is 55.5 Å². The number of fused-ring (bicyclic) bond motifs is 3. The maximum Gasteiger partial charge on any atom is 0.417 e. The molecule has 3 aliphatic rings. The summed E-state index contributed by atoms with van der Waals surface area (Å²) in [6.07, 6.45) is 2.11. The van der Waals surface area contributed by atoms with Crippen LogP contribution in [0.2, 0.25) is 0 Å². The lowest BCUT2D eigenvalue weighted by molar-refractivity contribution is -0.137. The van der Waals surface area contributed by atoms with Crippen molar-refractivity contribution in [1.29, 1.82) is 0 Å². The van der Waals surface area contributed by atoms with Crippen molar-refractivity contribution in [2.75, 3.05) is 6.26 Å². The minimum atomic E-state index is -4.47. The molecule has 1 heterocycles. The van der Waals surface area contributed by atoms with E-state index < -0.39 is 21.6 Å². The van der Waals surface area contributed by atoms with Crippen LogP contribution in [-0.4, -0.2) is 29.4 Å². The first-order chi connectivity index (χ1) is 16.0. The first kappa shape index (κ1) is 23.1. The summed E-state index contributed by atoms with van der Waals surface area (Å²) < 4.78 is 66.1. The molecule has 2 bridgehead atoms. The number of alkyl halides is 3. The van der Waals surface area contributed by atoms with E-state index in [9.17, 15) is 21.6 Å². The van der Waals surface area contributed by atoms with Crippen molar-refractivity contribution in [2.45, 2.75) is 60.4 Å². The Morgan fingerprint density at radius 1 is 0.853 bits per heavy atom. The Morgan fingerprint density at radius 2 is 1.41 bits per heavy atom. The van der Waals surface area contributed by atoms with Crippen LogP contribution in [0.4, 0.5) is 13.2 Å². The fourth-order valence-corrected chi connectivity index (χ4v) is 6.59. The molecule has 3 saturated carbocycles. The maximum absolute atomic E-state index is 13.6. The zero-order valence-electron chi connectivity index (χ0n) is 19.1. The summed E-state index contributed by atoms with van der Waals surface area (Å²) in [5.41, 5.74) is 0.285. The fraction of sp³-hybridized carbons (Fsp3) is 0.440. The van der Waals surface area contributed by atoms with E-state index in [1.54, 1.807) is 29.8 Å². The van der Waals surface area contributed by atoms with E-state index in [1.807, 2.05) is 12.1 Å². The Balaban J connectivity index is 1.43. The zero-order chi connectivity index (χ0) is 24.4. The molecule has 0 N–H and O–H groups in total. The number of sulfone groups is 1. The molecule has 0 atom stereocenters. The van der Waals surface area contributed by atoms with Gasteiger partial charge in [0.15, 0.2) is 15.7 Å². The first-order valence-electron chi connectivity index (χ1n) is 11.3. The molecule has 0 unspecified atom stereocenters. The smallest absolute Gasteiger partial charge is 0.314 e. The van der Waals surface area contributed by atoms with Crippen molar-refractivity contribution in [2.24, 2.45) is 7.05 Å². The second kappa shape index (κ2) is 7.66. The van der Waals surface area contributed by atoms with Gasteiger partial charge in [0.1, 0.15) is 5.82 Å². The van der Waals surface area contributed by atoms with Gasteiger partial charge in [-0.3, -0.25) is 0 Å². The Hall–Kier alpha value is -2.68. The average molecular weight is 490 g/mol. The van der Waals surface area contributed by atoms with Crippen LogP contribution in [0.5, 0.6) is 0 Å². The van der Waals surface area contributed by atoms with E-state index in [0.717, 1.165) is 56.0 Å². The van der Waals surface area contributed by atoms with Crippen LogP contribution < -0.4 is 0 Å². The van der Waals surface area contributed by atoms with Crippen LogP contribution in [0, 0.1) is 0 Å². The van der Waals surface area contributed by atoms with Gasteiger partial charge in [0.05, 0.1) is 10.5 Å². The van der Waals surface area contributed by atoms with E-state index in [2.05, 4.69) is 10.2 Å². The minimum absolute atomic E-state index is 0.00207. The van der Waals surface area contributed by atoms with Gasteiger partial charge in [-0.15, -0.1) is 10.2 Å². The largest absolute Gasteiger partial charge is 0.417 e. The standard InChI is InChI=1S/C25H26F3N3O2S/c1-31-21(19-5-3-4-6-20(19)25(26,27)28)29-30-22(31)24-14-11-23(12-15-24,13-16-24)17-7-9-18(10-8-17)34(2,32)33/h3-10H,11-16H2,1-2H3. The molecule has 1 aromatic heterocycles. The molecule has 34 heavy (non-hydrogen) atoms. The number of hydrogen-bond donors (Lipinski definition) is 0. The minimum Gasteiger partial charge on any atom is -0.314 e. The maximum atomic E-state index is 13.6. The highest BCUT2D eigenvalue weighted by molar-refractivity contribution is 7.90. The van der Waals surface area contributed by atoms with Crippen molar-refractivity contribution < 1.29 is 21.6 Å². The van der Waals surface area contributed by atoms with Gasteiger partial charge in [-0.1, -0.05) is 30.3 Å². The molecule has 9 heteroatoms. The molecule has 180 valence electrons. The van der Waals surface area contributed by atoms with Gasteiger partial charge in [-0.25, -0.2) is 8.42 Å². The predicted octanol–water partition coefficient (Wildman–Crippen LogP) is 5.45. The summed E-state index contributed by atoms with van der Waals surface area (Å²) in [5.74, 6) is 0.983. The summed E-state index contributed by atoms with van der Waals surface area (Å²) in [7, 11) is -1.48. The zero-order valence-corrected chi connectivity index (χ0v) is 19.9. The summed E-state index contributed by atoms with van der Waals surface area (Å²) >= 11 is 0. The average Bonchev–Trinajstić information content (AvgIpc) is 3.21. The van der Waals surface area contributed by atoms with Gasteiger partial charge < -0.3 is 4.57 Å². The molecular formula is C25H26F3N3O2S. The summed E-state index contributed by atoms with van der Waals surface area (Å²) in [6.45, 7) is 0. The Bertz CT molecular complexity index is 1320. The molecule has 0 saturated heterocycles. The third-order valence-corrected chi connectivity index (χ3v) is 9.09. The van der Waals surface area contributed by atoms with Crippen molar-refractivity contribution >= 4 is 9.84 Å². The van der Waals surface area contributed by atoms with Gasteiger partial charge in [0.25, 0.3) is 0 Å². The van der Waals surface area contributed by atoms with Gasteiger partial charge in [-0.05, 0) is 67.7 Å². The Morgan fingerprint density at radius 3 is 1.97 bits per heavy atom. The van der Waals surface area contributed by atoms with Crippen LogP contribution in [0.15, 0.2) is 53.4 Å². The molecule has 2 aromatic carbocycles.